The fraction of sp³-hybridized carbons (Fsp3) is 0.400. The third-order valence-corrected chi connectivity index (χ3v) is 2.82. The lowest BCUT2D eigenvalue weighted by atomic mass is 9.94. The van der Waals surface area contributed by atoms with Crippen molar-refractivity contribution in [2.75, 3.05) is 6.61 Å². The van der Waals surface area contributed by atoms with Crippen LogP contribution in [0.3, 0.4) is 0 Å². The maximum Gasteiger partial charge on any atom is 0.343 e. The van der Waals surface area contributed by atoms with Gasteiger partial charge in [0.1, 0.15) is 0 Å². The summed E-state index contributed by atoms with van der Waals surface area (Å²) < 4.78 is 10.9. The van der Waals surface area contributed by atoms with Gasteiger partial charge in [0.15, 0.2) is 5.60 Å². The molecule has 0 radical (unpaired) electrons. The van der Waals surface area contributed by atoms with E-state index in [2.05, 4.69) is 0 Å². The zero-order chi connectivity index (χ0) is 13.0. The molecule has 1 atom stereocenters. The summed E-state index contributed by atoms with van der Waals surface area (Å²) in [5.74, 6) is -0.310. The number of esters is 1. The van der Waals surface area contributed by atoms with E-state index in [9.17, 15) is 4.79 Å². The third-order valence-electron chi connectivity index (χ3n) is 2.82. The van der Waals surface area contributed by atoms with Gasteiger partial charge in [-0.1, -0.05) is 36.4 Å². The first-order chi connectivity index (χ1) is 8.62. The zero-order valence-electron chi connectivity index (χ0n) is 10.8. The van der Waals surface area contributed by atoms with Gasteiger partial charge in [0, 0.05) is 6.42 Å². The molecule has 0 N–H and O–H groups in total. The molecular formula is C15H18O3. The number of benzene rings is 1. The van der Waals surface area contributed by atoms with Gasteiger partial charge in [0.2, 0.25) is 0 Å². The van der Waals surface area contributed by atoms with Gasteiger partial charge in [0.05, 0.1) is 12.7 Å². The summed E-state index contributed by atoms with van der Waals surface area (Å²) in [7, 11) is 0. The average Bonchev–Trinajstić information content (AvgIpc) is 2.79. The number of carbonyl (C=O) groups is 1. The first kappa shape index (κ1) is 12.8. The van der Waals surface area contributed by atoms with Crippen molar-refractivity contribution in [1.29, 1.82) is 0 Å². The second kappa shape index (κ2) is 5.36. The standard InChI is InChI=1S/C15H18O3/c1-12(2)18-14(16)15(9-6-10-17-15)11-13-7-4-3-5-8-13/h3-9,12H,10-11H2,1-2H3. The van der Waals surface area contributed by atoms with E-state index in [1.807, 2.05) is 56.3 Å². The monoisotopic (exact) mass is 246 g/mol. The second-order valence-electron chi connectivity index (χ2n) is 4.72. The highest BCUT2D eigenvalue weighted by atomic mass is 16.6. The maximum atomic E-state index is 12.2. The molecule has 18 heavy (non-hydrogen) atoms. The number of hydrogen-bond acceptors (Lipinski definition) is 3. The highest BCUT2D eigenvalue weighted by Crippen LogP contribution is 2.26. The molecule has 0 aliphatic carbocycles. The van der Waals surface area contributed by atoms with E-state index in [1.54, 1.807) is 0 Å². The third kappa shape index (κ3) is 2.79. The number of carbonyl (C=O) groups excluding carboxylic acids is 1. The quantitative estimate of drug-likeness (QED) is 0.605. The summed E-state index contributed by atoms with van der Waals surface area (Å²) in [5, 5.41) is 0. The van der Waals surface area contributed by atoms with Crippen LogP contribution in [0.1, 0.15) is 19.4 Å². The fourth-order valence-corrected chi connectivity index (χ4v) is 2.01. The van der Waals surface area contributed by atoms with E-state index in [0.717, 1.165) is 5.56 Å². The fourth-order valence-electron chi connectivity index (χ4n) is 2.01. The minimum absolute atomic E-state index is 0.136. The van der Waals surface area contributed by atoms with E-state index in [-0.39, 0.29) is 12.1 Å². The number of ether oxygens (including phenoxy) is 2. The smallest absolute Gasteiger partial charge is 0.343 e. The van der Waals surface area contributed by atoms with Crippen LogP contribution in [-0.2, 0) is 20.7 Å². The molecule has 0 saturated heterocycles. The van der Waals surface area contributed by atoms with Gasteiger partial charge in [0.25, 0.3) is 0 Å². The predicted molar refractivity (Wildman–Crippen MR) is 69.2 cm³/mol. The van der Waals surface area contributed by atoms with Crippen molar-refractivity contribution in [1.82, 2.24) is 0 Å². The van der Waals surface area contributed by atoms with E-state index in [4.69, 9.17) is 9.47 Å². The highest BCUT2D eigenvalue weighted by molar-refractivity contribution is 5.83. The summed E-state index contributed by atoms with van der Waals surface area (Å²) in [6.45, 7) is 4.14. The van der Waals surface area contributed by atoms with Crippen molar-refractivity contribution in [3.05, 3.63) is 48.0 Å². The molecule has 1 heterocycles. The molecule has 1 aliphatic heterocycles. The first-order valence-corrected chi connectivity index (χ1v) is 6.19. The molecule has 0 bridgehead atoms. The van der Waals surface area contributed by atoms with Crippen molar-refractivity contribution in [3.8, 4) is 0 Å². The Kier molecular flexibility index (Phi) is 3.82. The van der Waals surface area contributed by atoms with Crippen LogP contribution < -0.4 is 0 Å². The lowest BCUT2D eigenvalue weighted by molar-refractivity contribution is -0.167. The van der Waals surface area contributed by atoms with Crippen molar-refractivity contribution >= 4 is 5.97 Å². The molecular weight excluding hydrogens is 228 g/mol. The second-order valence-corrected chi connectivity index (χ2v) is 4.72. The van der Waals surface area contributed by atoms with Crippen LogP contribution >= 0.6 is 0 Å². The van der Waals surface area contributed by atoms with E-state index in [0.29, 0.717) is 13.0 Å². The van der Waals surface area contributed by atoms with Crippen LogP contribution in [0.5, 0.6) is 0 Å². The maximum absolute atomic E-state index is 12.2. The molecule has 0 amide bonds. The summed E-state index contributed by atoms with van der Waals surface area (Å²) >= 11 is 0. The molecule has 2 rings (SSSR count). The largest absolute Gasteiger partial charge is 0.461 e. The molecule has 96 valence electrons. The van der Waals surface area contributed by atoms with E-state index >= 15 is 0 Å². The van der Waals surface area contributed by atoms with Crippen molar-refractivity contribution < 1.29 is 14.3 Å². The van der Waals surface area contributed by atoms with Gasteiger partial charge in [-0.15, -0.1) is 0 Å². The van der Waals surface area contributed by atoms with Gasteiger partial charge < -0.3 is 9.47 Å². The lowest BCUT2D eigenvalue weighted by Gasteiger charge is -2.26. The highest BCUT2D eigenvalue weighted by Gasteiger charge is 2.41. The molecule has 3 nitrogen and oxygen atoms in total. The Balaban J connectivity index is 2.17. The Bertz CT molecular complexity index is 436. The van der Waals surface area contributed by atoms with Crippen LogP contribution in [0, 0.1) is 0 Å². The molecule has 1 aromatic rings. The van der Waals surface area contributed by atoms with Gasteiger partial charge in [-0.25, -0.2) is 4.79 Å². The van der Waals surface area contributed by atoms with Gasteiger partial charge >= 0.3 is 5.97 Å². The molecule has 1 aromatic carbocycles. The van der Waals surface area contributed by atoms with Crippen LogP contribution in [0.25, 0.3) is 0 Å². The normalized spacial score (nSPS) is 22.4. The van der Waals surface area contributed by atoms with E-state index in [1.165, 1.54) is 0 Å². The molecule has 1 aliphatic rings. The SMILES string of the molecule is CC(C)OC(=O)C1(Cc2ccccc2)C=CCO1. The van der Waals surface area contributed by atoms with Crippen LogP contribution in [0.2, 0.25) is 0 Å². The summed E-state index contributed by atoms with van der Waals surface area (Å²) in [4.78, 5) is 12.2. The van der Waals surface area contributed by atoms with Crippen molar-refractivity contribution in [2.24, 2.45) is 0 Å². The summed E-state index contributed by atoms with van der Waals surface area (Å²) in [6, 6.07) is 9.83. The minimum Gasteiger partial charge on any atom is -0.461 e. The lowest BCUT2D eigenvalue weighted by Crippen LogP contribution is -2.42. The Labute approximate surface area is 107 Å². The van der Waals surface area contributed by atoms with Gasteiger partial charge in [-0.2, -0.15) is 0 Å². The number of rotatable bonds is 4. The van der Waals surface area contributed by atoms with Crippen LogP contribution in [0.4, 0.5) is 0 Å². The Morgan fingerprint density at radius 1 is 1.39 bits per heavy atom. The summed E-state index contributed by atoms with van der Waals surface area (Å²) in [5.41, 5.74) is 0.107. The van der Waals surface area contributed by atoms with Gasteiger partial charge in [-0.3, -0.25) is 0 Å². The van der Waals surface area contributed by atoms with Gasteiger partial charge in [-0.05, 0) is 25.5 Å². The Morgan fingerprint density at radius 2 is 2.11 bits per heavy atom. The molecule has 0 saturated carbocycles. The predicted octanol–water partition coefficient (Wildman–Crippen LogP) is 2.51. The molecule has 0 fully saturated rings. The van der Waals surface area contributed by atoms with Crippen LogP contribution in [-0.4, -0.2) is 24.3 Å². The Morgan fingerprint density at radius 3 is 2.67 bits per heavy atom. The molecule has 1 unspecified atom stereocenters. The van der Waals surface area contributed by atoms with Crippen molar-refractivity contribution in [3.63, 3.8) is 0 Å². The Hall–Kier alpha value is -1.61. The summed E-state index contributed by atoms with van der Waals surface area (Å²) in [6.07, 6.45) is 4.05. The first-order valence-electron chi connectivity index (χ1n) is 6.19. The van der Waals surface area contributed by atoms with Crippen LogP contribution in [0.15, 0.2) is 42.5 Å². The molecule has 3 heteroatoms. The minimum atomic E-state index is -0.953. The topological polar surface area (TPSA) is 35.5 Å². The molecule has 0 spiro atoms. The van der Waals surface area contributed by atoms with E-state index < -0.39 is 5.60 Å². The van der Waals surface area contributed by atoms with Crippen molar-refractivity contribution in [2.45, 2.75) is 32.0 Å². The zero-order valence-corrected chi connectivity index (χ0v) is 10.8. The number of hydrogen-bond donors (Lipinski definition) is 0. The molecule has 0 aromatic heterocycles. The average molecular weight is 246 g/mol.